The highest BCUT2D eigenvalue weighted by Crippen LogP contribution is 2.34. The molecule has 190 valence electrons. The number of nitrogens with zero attached hydrogens (tertiary/aromatic N) is 2. The zero-order valence-electron chi connectivity index (χ0n) is 20.8. The molecule has 0 fully saturated rings. The maximum absolute atomic E-state index is 14.5. The number of halogens is 1. The van der Waals surface area contributed by atoms with Crippen molar-refractivity contribution in [2.24, 2.45) is 5.10 Å². The van der Waals surface area contributed by atoms with Gasteiger partial charge in [0.15, 0.2) is 0 Å². The summed E-state index contributed by atoms with van der Waals surface area (Å²) in [4.78, 5) is 24.5. The maximum atomic E-state index is 14.5. The highest BCUT2D eigenvalue weighted by atomic mass is 19.1. The average Bonchev–Trinajstić information content (AvgIpc) is 3.37. The van der Waals surface area contributed by atoms with Crippen molar-refractivity contribution < 1.29 is 28.2 Å². The van der Waals surface area contributed by atoms with Crippen LogP contribution in [-0.4, -0.2) is 36.8 Å². The van der Waals surface area contributed by atoms with Gasteiger partial charge in [-0.1, -0.05) is 54.6 Å². The highest BCUT2D eigenvalue weighted by molar-refractivity contribution is 6.16. The van der Waals surface area contributed by atoms with Crippen molar-refractivity contribution in [1.29, 1.82) is 0 Å². The number of amides is 1. The van der Waals surface area contributed by atoms with E-state index >= 15 is 0 Å². The second kappa shape index (κ2) is 11.5. The number of esters is 1. The molecule has 1 aliphatic rings. The molecule has 0 bridgehead atoms. The first kappa shape index (κ1) is 25.6. The molecular weight excluding hydrogens is 475 g/mol. The summed E-state index contributed by atoms with van der Waals surface area (Å²) in [5.41, 5.74) is 3.53. The van der Waals surface area contributed by atoms with Gasteiger partial charge in [-0.2, -0.15) is 5.10 Å². The number of carbonyl (C=O) groups is 2. The van der Waals surface area contributed by atoms with Crippen LogP contribution >= 0.6 is 0 Å². The molecule has 7 nitrogen and oxygen atoms in total. The van der Waals surface area contributed by atoms with E-state index in [1.165, 1.54) is 38.5 Å². The molecule has 1 heterocycles. The maximum Gasteiger partial charge on any atom is 0.341 e. The first-order chi connectivity index (χ1) is 17.9. The molecule has 0 spiro atoms. The summed E-state index contributed by atoms with van der Waals surface area (Å²) in [6.07, 6.45) is 1.72. The first-order valence-electron chi connectivity index (χ1n) is 11.7. The van der Waals surface area contributed by atoms with Gasteiger partial charge in [0, 0.05) is 24.5 Å². The third-order valence-corrected chi connectivity index (χ3v) is 6.01. The van der Waals surface area contributed by atoms with Crippen molar-refractivity contribution in [1.82, 2.24) is 5.01 Å². The molecule has 3 aromatic carbocycles. The Balaban J connectivity index is 1.56. The van der Waals surface area contributed by atoms with E-state index in [0.29, 0.717) is 29.0 Å². The first-order valence-corrected chi connectivity index (χ1v) is 11.7. The summed E-state index contributed by atoms with van der Waals surface area (Å²) in [5.74, 6) is -0.582. The Kier molecular flexibility index (Phi) is 7.98. The van der Waals surface area contributed by atoms with Gasteiger partial charge in [-0.3, -0.25) is 4.79 Å². The van der Waals surface area contributed by atoms with E-state index in [2.05, 4.69) is 5.10 Å². The van der Waals surface area contributed by atoms with Crippen LogP contribution in [0.15, 0.2) is 84.2 Å². The van der Waals surface area contributed by atoms with Crippen LogP contribution < -0.4 is 4.74 Å². The minimum Gasteiger partial charge on any atom is -0.503 e. The number of carbonyl (C=O) groups excluding carboxylic acids is 2. The molecule has 3 aromatic rings. The molecule has 37 heavy (non-hydrogen) atoms. The van der Waals surface area contributed by atoms with Gasteiger partial charge in [0.2, 0.25) is 5.91 Å². The largest absolute Gasteiger partial charge is 0.503 e. The molecule has 0 saturated carbocycles. The molecule has 0 radical (unpaired) electrons. The van der Waals surface area contributed by atoms with E-state index < -0.39 is 12.0 Å². The smallest absolute Gasteiger partial charge is 0.341 e. The second-order valence-corrected chi connectivity index (χ2v) is 8.38. The lowest BCUT2D eigenvalue weighted by molar-refractivity contribution is -0.134. The topological polar surface area (TPSA) is 77.4 Å². The van der Waals surface area contributed by atoms with Crippen LogP contribution in [0.4, 0.5) is 4.39 Å². The molecular formula is C29H27FN2O5. The third kappa shape index (κ3) is 5.69. The fourth-order valence-corrected chi connectivity index (χ4v) is 4.25. The summed E-state index contributed by atoms with van der Waals surface area (Å²) < 4.78 is 30.5. The van der Waals surface area contributed by atoms with Crippen LogP contribution in [0, 0.1) is 5.82 Å². The third-order valence-electron chi connectivity index (χ3n) is 6.01. The van der Waals surface area contributed by atoms with Crippen molar-refractivity contribution >= 4 is 23.2 Å². The predicted molar refractivity (Wildman–Crippen MR) is 137 cm³/mol. The number of methoxy groups -OCH3 is 2. The number of hydrogen-bond donors (Lipinski definition) is 0. The molecule has 0 N–H and O–H groups in total. The van der Waals surface area contributed by atoms with Gasteiger partial charge < -0.3 is 14.2 Å². The molecule has 1 unspecified atom stereocenters. The summed E-state index contributed by atoms with van der Waals surface area (Å²) in [7, 11) is 2.77. The van der Waals surface area contributed by atoms with Crippen molar-refractivity contribution in [3.63, 3.8) is 0 Å². The van der Waals surface area contributed by atoms with E-state index in [-0.39, 0.29) is 23.9 Å². The monoisotopic (exact) mass is 502 g/mol. The SMILES string of the molecule is CO/C=C(/C(=O)OC)c1ccccc1COc1cccc(C2=NN(C(C)=O)C(c3ccccc3F)C2)c1. The normalized spacial score (nSPS) is 15.2. The van der Waals surface area contributed by atoms with Gasteiger partial charge >= 0.3 is 5.97 Å². The molecule has 8 heteroatoms. The Morgan fingerprint density at radius 2 is 1.81 bits per heavy atom. The number of hydrogen-bond acceptors (Lipinski definition) is 6. The lowest BCUT2D eigenvalue weighted by atomic mass is 9.98. The highest BCUT2D eigenvalue weighted by Gasteiger charge is 2.33. The fraction of sp³-hybridized carbons (Fsp3) is 0.207. The fourth-order valence-electron chi connectivity index (χ4n) is 4.25. The second-order valence-electron chi connectivity index (χ2n) is 8.38. The summed E-state index contributed by atoms with van der Waals surface area (Å²) in [6.45, 7) is 1.60. The van der Waals surface area contributed by atoms with E-state index in [0.717, 1.165) is 11.1 Å². The van der Waals surface area contributed by atoms with Gasteiger partial charge in [-0.05, 0) is 29.3 Å². The van der Waals surface area contributed by atoms with Crippen LogP contribution in [-0.2, 0) is 25.7 Å². The summed E-state index contributed by atoms with van der Waals surface area (Å²) in [6, 6.07) is 20.6. The lowest BCUT2D eigenvalue weighted by Gasteiger charge is -2.20. The van der Waals surface area contributed by atoms with Gasteiger partial charge in [-0.15, -0.1) is 0 Å². The molecule has 0 saturated heterocycles. The van der Waals surface area contributed by atoms with Crippen LogP contribution in [0.5, 0.6) is 5.75 Å². The van der Waals surface area contributed by atoms with Crippen LogP contribution in [0.1, 0.15) is 41.6 Å². The van der Waals surface area contributed by atoms with Crippen LogP contribution in [0.3, 0.4) is 0 Å². The van der Waals surface area contributed by atoms with Crippen molar-refractivity contribution in [2.75, 3.05) is 14.2 Å². The molecule has 0 aromatic heterocycles. The molecule has 0 aliphatic carbocycles. The van der Waals surface area contributed by atoms with Crippen LogP contribution in [0.25, 0.3) is 5.57 Å². The molecule has 1 aliphatic heterocycles. The van der Waals surface area contributed by atoms with Gasteiger partial charge in [0.1, 0.15) is 23.7 Å². The Morgan fingerprint density at radius 1 is 1.05 bits per heavy atom. The number of ether oxygens (including phenoxy) is 3. The summed E-state index contributed by atoms with van der Waals surface area (Å²) >= 11 is 0. The Morgan fingerprint density at radius 3 is 2.54 bits per heavy atom. The van der Waals surface area contributed by atoms with E-state index in [9.17, 15) is 14.0 Å². The minimum atomic E-state index is -0.519. The van der Waals surface area contributed by atoms with E-state index in [4.69, 9.17) is 14.2 Å². The Labute approximate surface area is 214 Å². The average molecular weight is 503 g/mol. The number of rotatable bonds is 8. The minimum absolute atomic E-state index is 0.182. The van der Waals surface area contributed by atoms with E-state index in [1.54, 1.807) is 24.3 Å². The number of hydrazone groups is 1. The molecule has 1 atom stereocenters. The quantitative estimate of drug-likeness (QED) is 0.239. The molecule has 1 amide bonds. The Hall–Kier alpha value is -4.46. The van der Waals surface area contributed by atoms with E-state index in [1.807, 2.05) is 42.5 Å². The summed E-state index contributed by atoms with van der Waals surface area (Å²) in [5, 5.41) is 5.84. The zero-order valence-corrected chi connectivity index (χ0v) is 20.8. The standard InChI is InChI=1S/C29H27FN2O5/c1-19(33)32-28(24-13-6-7-14-26(24)30)16-27(31-32)20-10-8-11-22(15-20)37-17-21-9-4-5-12-23(21)25(18-35-2)29(34)36-3/h4-15,18,28H,16-17H2,1-3H3/b25-18+. The van der Waals surface area contributed by atoms with Crippen molar-refractivity contribution in [2.45, 2.75) is 26.0 Å². The lowest BCUT2D eigenvalue weighted by Crippen LogP contribution is -2.25. The molecule has 4 rings (SSSR count). The van der Waals surface area contributed by atoms with Crippen molar-refractivity contribution in [3.8, 4) is 5.75 Å². The predicted octanol–water partition coefficient (Wildman–Crippen LogP) is 5.26. The van der Waals surface area contributed by atoms with Gasteiger partial charge in [0.25, 0.3) is 0 Å². The van der Waals surface area contributed by atoms with Gasteiger partial charge in [0.05, 0.1) is 32.2 Å². The number of benzene rings is 3. The Bertz CT molecular complexity index is 1370. The van der Waals surface area contributed by atoms with Crippen molar-refractivity contribution in [3.05, 3.63) is 107 Å². The zero-order chi connectivity index (χ0) is 26.4. The van der Waals surface area contributed by atoms with Gasteiger partial charge in [-0.25, -0.2) is 14.2 Å². The van der Waals surface area contributed by atoms with Crippen LogP contribution in [0.2, 0.25) is 0 Å².